The molecule has 13 heavy (non-hydrogen) atoms. The van der Waals surface area contributed by atoms with Gasteiger partial charge >= 0.3 is 35.5 Å². The van der Waals surface area contributed by atoms with Crippen molar-refractivity contribution in [1.82, 2.24) is 5.16 Å². The van der Waals surface area contributed by atoms with Gasteiger partial charge in [-0.05, 0) is 0 Å². The molecular formula is C5H4NNaO5S. The normalized spacial score (nSPS) is 11.5. The molecule has 0 aliphatic rings. The van der Waals surface area contributed by atoms with Gasteiger partial charge in [-0.25, -0.2) is 4.79 Å². The molecule has 1 atom stereocenters. The zero-order valence-electron chi connectivity index (χ0n) is 6.97. The second-order valence-corrected chi connectivity index (χ2v) is 2.63. The molecule has 1 aromatic heterocycles. The summed E-state index contributed by atoms with van der Waals surface area (Å²) in [6.45, 7) is 0. The van der Waals surface area contributed by atoms with E-state index in [1.54, 1.807) is 0 Å². The summed E-state index contributed by atoms with van der Waals surface area (Å²) in [4.78, 5) is 10.7. The van der Waals surface area contributed by atoms with Crippen LogP contribution in [0.3, 0.4) is 0 Å². The first-order valence-corrected chi connectivity index (χ1v) is 3.87. The summed E-state index contributed by atoms with van der Waals surface area (Å²) in [7, 11) is 1.16. The quantitative estimate of drug-likeness (QED) is 0.290. The molecule has 1 rings (SSSR count). The first kappa shape index (κ1) is 12.8. The Hall–Kier alpha value is -0.210. The Morgan fingerprint density at radius 2 is 2.38 bits per heavy atom. The molecule has 0 spiro atoms. The molecule has 0 saturated heterocycles. The van der Waals surface area contributed by atoms with E-state index in [0.29, 0.717) is 0 Å². The molecule has 0 aliphatic heterocycles. The number of hydrogen-bond donors (Lipinski definition) is 0. The number of aromatic nitrogens is 1. The predicted octanol–water partition coefficient (Wildman–Crippen LogP) is -3.30. The van der Waals surface area contributed by atoms with Crippen molar-refractivity contribution in [3.05, 3.63) is 11.8 Å². The fourth-order valence-corrected chi connectivity index (χ4v) is 0.844. The van der Waals surface area contributed by atoms with Crippen LogP contribution in [-0.2, 0) is 15.8 Å². The van der Waals surface area contributed by atoms with Gasteiger partial charge in [-0.1, -0.05) is 5.16 Å². The third kappa shape index (κ3) is 3.20. The van der Waals surface area contributed by atoms with Crippen molar-refractivity contribution in [1.29, 1.82) is 0 Å². The molecule has 8 heteroatoms. The van der Waals surface area contributed by atoms with Gasteiger partial charge < -0.3 is 13.8 Å². The van der Waals surface area contributed by atoms with Crippen LogP contribution in [0.4, 0.5) is 0 Å². The molecular weight excluding hydrogens is 209 g/mol. The summed E-state index contributed by atoms with van der Waals surface area (Å²) in [5.74, 6) is -0.740. The summed E-state index contributed by atoms with van der Waals surface area (Å²) >= 11 is -2.51. The Morgan fingerprint density at radius 1 is 1.77 bits per heavy atom. The maximum absolute atomic E-state index is 10.7. The van der Waals surface area contributed by atoms with Crippen LogP contribution < -0.4 is 29.6 Å². The van der Waals surface area contributed by atoms with E-state index in [0.717, 1.165) is 13.2 Å². The third-order valence-corrected chi connectivity index (χ3v) is 1.57. The molecule has 0 aliphatic carbocycles. The van der Waals surface area contributed by atoms with Crippen LogP contribution in [0.2, 0.25) is 0 Å². The van der Waals surface area contributed by atoms with E-state index in [9.17, 15) is 13.6 Å². The van der Waals surface area contributed by atoms with E-state index in [1.165, 1.54) is 0 Å². The minimum Gasteiger partial charge on any atom is -0.766 e. The van der Waals surface area contributed by atoms with Gasteiger partial charge in [-0.2, -0.15) is 0 Å². The van der Waals surface area contributed by atoms with Crippen LogP contribution in [0, 0.1) is 0 Å². The van der Waals surface area contributed by atoms with E-state index >= 15 is 0 Å². The van der Waals surface area contributed by atoms with E-state index in [2.05, 4.69) is 14.4 Å². The van der Waals surface area contributed by atoms with Gasteiger partial charge in [0.15, 0.2) is 5.69 Å². The molecule has 0 aromatic carbocycles. The minimum absolute atomic E-state index is 0. The van der Waals surface area contributed by atoms with Crippen LogP contribution in [0.15, 0.2) is 15.7 Å². The second-order valence-electron chi connectivity index (χ2n) is 1.76. The zero-order valence-corrected chi connectivity index (χ0v) is 9.79. The Morgan fingerprint density at radius 3 is 2.77 bits per heavy atom. The predicted molar refractivity (Wildman–Crippen MR) is 35.0 cm³/mol. The summed E-state index contributed by atoms with van der Waals surface area (Å²) in [6, 6.07) is 0.981. The van der Waals surface area contributed by atoms with Crippen LogP contribution in [0.1, 0.15) is 10.5 Å². The maximum Gasteiger partial charge on any atom is 1.00 e. The SMILES string of the molecule is COC(=O)c1cc(S(=O)[O-])on1.[Na+]. The van der Waals surface area contributed by atoms with Gasteiger partial charge in [0.25, 0.3) is 0 Å². The van der Waals surface area contributed by atoms with Crippen molar-refractivity contribution in [2.75, 3.05) is 7.11 Å². The standard InChI is InChI=1S/C5H5NO5S.Na/c1-10-5(7)3-2-4(11-6-3)12(8)9;/h2H,1H3,(H,8,9);/q;+1/p-1. The number of ether oxygens (including phenoxy) is 1. The first-order chi connectivity index (χ1) is 5.65. The monoisotopic (exact) mass is 213 g/mol. The summed E-state index contributed by atoms with van der Waals surface area (Å²) in [5, 5.41) is 2.77. The number of nitrogens with zero attached hydrogens (tertiary/aromatic N) is 1. The minimum atomic E-state index is -2.51. The number of methoxy groups -OCH3 is 1. The van der Waals surface area contributed by atoms with Crippen molar-refractivity contribution in [3.63, 3.8) is 0 Å². The van der Waals surface area contributed by atoms with Gasteiger partial charge in [-0.15, -0.1) is 0 Å². The molecule has 0 radical (unpaired) electrons. The summed E-state index contributed by atoms with van der Waals surface area (Å²) < 4.78 is 29.0. The smallest absolute Gasteiger partial charge is 0.766 e. The Kier molecular flexibility index (Phi) is 5.42. The van der Waals surface area contributed by atoms with Gasteiger partial charge in [0, 0.05) is 17.1 Å². The average molecular weight is 213 g/mol. The van der Waals surface area contributed by atoms with Crippen molar-refractivity contribution in [2.45, 2.75) is 5.09 Å². The van der Waals surface area contributed by atoms with Crippen molar-refractivity contribution in [3.8, 4) is 0 Å². The molecule has 0 amide bonds. The Labute approximate surface area is 98.2 Å². The van der Waals surface area contributed by atoms with Gasteiger partial charge in [0.1, 0.15) is 0 Å². The molecule has 66 valence electrons. The Balaban J connectivity index is 0.00000144. The van der Waals surface area contributed by atoms with Crippen molar-refractivity contribution in [2.24, 2.45) is 0 Å². The molecule has 1 heterocycles. The number of hydrogen-bond acceptors (Lipinski definition) is 6. The van der Waals surface area contributed by atoms with Crippen LogP contribution in [0.25, 0.3) is 0 Å². The van der Waals surface area contributed by atoms with Gasteiger partial charge in [0.05, 0.1) is 7.11 Å². The zero-order chi connectivity index (χ0) is 9.14. The van der Waals surface area contributed by atoms with Crippen molar-refractivity contribution >= 4 is 17.0 Å². The molecule has 0 saturated carbocycles. The molecule has 1 aromatic rings. The van der Waals surface area contributed by atoms with Crippen LogP contribution in [0.5, 0.6) is 0 Å². The number of carbonyl (C=O) groups excluding carboxylic acids is 1. The van der Waals surface area contributed by atoms with E-state index in [1.807, 2.05) is 0 Å². The second kappa shape index (κ2) is 5.51. The number of rotatable bonds is 2. The third-order valence-electron chi connectivity index (χ3n) is 1.05. The number of carbonyl (C=O) groups is 1. The largest absolute Gasteiger partial charge is 1.00 e. The fourth-order valence-electron chi connectivity index (χ4n) is 0.538. The molecule has 1 unspecified atom stereocenters. The maximum atomic E-state index is 10.7. The first-order valence-electron chi connectivity index (χ1n) is 2.79. The summed E-state index contributed by atoms with van der Waals surface area (Å²) in [5.41, 5.74) is -0.170. The van der Waals surface area contributed by atoms with Crippen molar-refractivity contribution < 1.29 is 52.4 Å². The van der Waals surface area contributed by atoms with E-state index < -0.39 is 22.1 Å². The van der Waals surface area contributed by atoms with E-state index in [4.69, 9.17) is 0 Å². The molecule has 6 nitrogen and oxygen atoms in total. The van der Waals surface area contributed by atoms with E-state index in [-0.39, 0.29) is 35.3 Å². The average Bonchev–Trinajstić information content (AvgIpc) is 2.51. The Bertz CT molecular complexity index is 324. The molecule has 0 fully saturated rings. The number of esters is 1. The topological polar surface area (TPSA) is 92.5 Å². The fraction of sp³-hybridized carbons (Fsp3) is 0.200. The van der Waals surface area contributed by atoms with Crippen LogP contribution in [-0.4, -0.2) is 27.0 Å². The van der Waals surface area contributed by atoms with Gasteiger partial charge in [-0.3, -0.25) is 4.21 Å². The van der Waals surface area contributed by atoms with Crippen LogP contribution >= 0.6 is 0 Å². The summed E-state index contributed by atoms with van der Waals surface area (Å²) in [6.07, 6.45) is 0. The molecule has 0 N–H and O–H groups in total. The molecule has 0 bridgehead atoms. The van der Waals surface area contributed by atoms with Gasteiger partial charge in [0.2, 0.25) is 5.09 Å².